The van der Waals surface area contributed by atoms with Crippen LogP contribution in [0.4, 0.5) is 0 Å². The zero-order valence-corrected chi connectivity index (χ0v) is 14.7. The molecule has 3 nitrogen and oxygen atoms in total. The topological polar surface area (TPSA) is 29.5 Å². The Hall–Kier alpha value is -1.35. The van der Waals surface area contributed by atoms with Crippen molar-refractivity contribution in [2.75, 3.05) is 19.7 Å². The maximum absolute atomic E-state index is 11.2. The number of piperidine rings is 1. The summed E-state index contributed by atoms with van der Waals surface area (Å²) in [6.07, 6.45) is 8.33. The van der Waals surface area contributed by atoms with E-state index in [-0.39, 0.29) is 12.4 Å². The molecule has 2 saturated carbocycles. The van der Waals surface area contributed by atoms with Crippen LogP contribution >= 0.6 is 0 Å². The molecule has 1 aromatic rings. The van der Waals surface area contributed by atoms with Crippen molar-refractivity contribution < 1.29 is 9.53 Å². The van der Waals surface area contributed by atoms with Crippen LogP contribution in [0.25, 0.3) is 0 Å². The smallest absolute Gasteiger partial charge is 0.167 e. The number of rotatable bonds is 5. The highest BCUT2D eigenvalue weighted by atomic mass is 16.5. The molecule has 130 valence electrons. The van der Waals surface area contributed by atoms with Crippen molar-refractivity contribution in [2.24, 2.45) is 11.8 Å². The molecule has 0 radical (unpaired) electrons. The zero-order valence-electron chi connectivity index (χ0n) is 14.7. The standard InChI is InChI=1S/C21H29NO2/c1-15(23)14-24-21-5-3-2-4-19(21)17-8-10-22(11-9-17)20-13-16-6-7-18(20)12-16/h2-5,16-18,20H,6-14H2,1H3/t16-,18-,20+/m0/s1. The predicted molar refractivity (Wildman–Crippen MR) is 95.4 cm³/mol. The molecule has 3 fully saturated rings. The van der Waals surface area contributed by atoms with Crippen LogP contribution in [0.1, 0.15) is 56.9 Å². The first kappa shape index (κ1) is 16.1. The van der Waals surface area contributed by atoms with Crippen molar-refractivity contribution >= 4 is 5.78 Å². The second kappa shape index (κ2) is 6.87. The van der Waals surface area contributed by atoms with E-state index in [1.54, 1.807) is 6.92 Å². The molecule has 1 aromatic carbocycles. The van der Waals surface area contributed by atoms with Crippen molar-refractivity contribution in [1.82, 2.24) is 4.90 Å². The Morgan fingerprint density at radius 2 is 1.92 bits per heavy atom. The van der Waals surface area contributed by atoms with Gasteiger partial charge in [0.25, 0.3) is 0 Å². The lowest BCUT2D eigenvalue weighted by atomic mass is 9.86. The van der Waals surface area contributed by atoms with Gasteiger partial charge in [0, 0.05) is 6.04 Å². The van der Waals surface area contributed by atoms with Gasteiger partial charge in [0.15, 0.2) is 5.78 Å². The summed E-state index contributed by atoms with van der Waals surface area (Å²) in [7, 11) is 0. The SMILES string of the molecule is CC(=O)COc1ccccc1C1CCN([C@@H]2C[C@H]3CC[C@H]2C3)CC1. The van der Waals surface area contributed by atoms with Gasteiger partial charge in [-0.2, -0.15) is 0 Å². The molecule has 0 amide bonds. The first-order valence-corrected chi connectivity index (χ1v) is 9.66. The van der Waals surface area contributed by atoms with Gasteiger partial charge in [0.2, 0.25) is 0 Å². The molecular formula is C21H29NO2. The quantitative estimate of drug-likeness (QED) is 0.818. The van der Waals surface area contributed by atoms with Gasteiger partial charge in [-0.1, -0.05) is 24.6 Å². The lowest BCUT2D eigenvalue weighted by Gasteiger charge is -2.40. The second-order valence-electron chi connectivity index (χ2n) is 8.08. The summed E-state index contributed by atoms with van der Waals surface area (Å²) >= 11 is 0. The maximum Gasteiger partial charge on any atom is 0.167 e. The van der Waals surface area contributed by atoms with Crippen molar-refractivity contribution in [3.8, 4) is 5.75 Å². The van der Waals surface area contributed by atoms with Gasteiger partial charge in [-0.15, -0.1) is 0 Å². The van der Waals surface area contributed by atoms with Gasteiger partial charge in [0.1, 0.15) is 12.4 Å². The Morgan fingerprint density at radius 1 is 1.12 bits per heavy atom. The lowest BCUT2D eigenvalue weighted by molar-refractivity contribution is -0.118. The molecule has 2 aliphatic carbocycles. The third-order valence-electron chi connectivity index (χ3n) is 6.49. The summed E-state index contributed by atoms with van der Waals surface area (Å²) in [4.78, 5) is 14.0. The monoisotopic (exact) mass is 327 g/mol. The number of ether oxygens (including phenoxy) is 1. The van der Waals surface area contributed by atoms with E-state index in [0.29, 0.717) is 5.92 Å². The Bertz CT molecular complexity index is 591. The lowest BCUT2D eigenvalue weighted by Crippen LogP contribution is -2.43. The van der Waals surface area contributed by atoms with Crippen molar-refractivity contribution in [3.05, 3.63) is 29.8 Å². The number of likely N-dealkylation sites (tertiary alicyclic amines) is 1. The third-order valence-corrected chi connectivity index (χ3v) is 6.49. The van der Waals surface area contributed by atoms with E-state index in [9.17, 15) is 4.79 Å². The fraction of sp³-hybridized carbons (Fsp3) is 0.667. The Labute approximate surface area is 145 Å². The van der Waals surface area contributed by atoms with Crippen molar-refractivity contribution in [1.29, 1.82) is 0 Å². The molecule has 0 unspecified atom stereocenters. The van der Waals surface area contributed by atoms with Gasteiger partial charge in [-0.05, 0) is 81.5 Å². The van der Waals surface area contributed by atoms with E-state index in [1.807, 2.05) is 12.1 Å². The number of fused-ring (bicyclic) bond motifs is 2. The molecule has 24 heavy (non-hydrogen) atoms. The Kier molecular flexibility index (Phi) is 4.62. The normalized spacial score (nSPS) is 30.6. The van der Waals surface area contributed by atoms with Gasteiger partial charge < -0.3 is 9.64 Å². The third kappa shape index (κ3) is 3.23. The number of Topliss-reactive ketones (excluding diaryl/α,β-unsaturated/α-hetero) is 1. The Balaban J connectivity index is 1.38. The second-order valence-corrected chi connectivity index (χ2v) is 8.08. The summed E-state index contributed by atoms with van der Waals surface area (Å²) in [5, 5.41) is 0. The number of benzene rings is 1. The van der Waals surface area contributed by atoms with Gasteiger partial charge in [-0.25, -0.2) is 0 Å². The largest absolute Gasteiger partial charge is 0.486 e. The minimum absolute atomic E-state index is 0.0795. The number of para-hydroxylation sites is 1. The molecule has 1 heterocycles. The summed E-state index contributed by atoms with van der Waals surface area (Å²) in [5.74, 6) is 3.57. The number of carbonyl (C=O) groups is 1. The average molecular weight is 327 g/mol. The highest BCUT2D eigenvalue weighted by Crippen LogP contribution is 2.47. The van der Waals surface area contributed by atoms with Crippen LogP contribution in [0.2, 0.25) is 0 Å². The van der Waals surface area contributed by atoms with E-state index in [2.05, 4.69) is 17.0 Å². The summed E-state index contributed by atoms with van der Waals surface area (Å²) < 4.78 is 5.76. The van der Waals surface area contributed by atoms with Crippen LogP contribution in [0.15, 0.2) is 24.3 Å². The predicted octanol–water partition coefficient (Wildman–Crippen LogP) is 4.02. The van der Waals surface area contributed by atoms with Crippen LogP contribution in [-0.4, -0.2) is 36.4 Å². The molecular weight excluding hydrogens is 298 g/mol. The van der Waals surface area contributed by atoms with Crippen LogP contribution in [0.5, 0.6) is 5.75 Å². The highest BCUT2D eigenvalue weighted by Gasteiger charge is 2.42. The minimum Gasteiger partial charge on any atom is -0.486 e. The van der Waals surface area contributed by atoms with Crippen LogP contribution in [-0.2, 0) is 4.79 Å². The number of hydrogen-bond acceptors (Lipinski definition) is 3. The first-order valence-electron chi connectivity index (χ1n) is 9.66. The number of hydrogen-bond donors (Lipinski definition) is 0. The van der Waals surface area contributed by atoms with E-state index in [4.69, 9.17) is 4.74 Å². The number of carbonyl (C=O) groups excluding carboxylic acids is 1. The van der Waals surface area contributed by atoms with E-state index >= 15 is 0 Å². The molecule has 0 N–H and O–H groups in total. The highest BCUT2D eigenvalue weighted by molar-refractivity contribution is 5.77. The summed E-state index contributed by atoms with van der Waals surface area (Å²) in [6, 6.07) is 9.17. The van der Waals surface area contributed by atoms with E-state index in [0.717, 1.165) is 23.6 Å². The maximum atomic E-state index is 11.2. The summed E-state index contributed by atoms with van der Waals surface area (Å²) in [6.45, 7) is 4.20. The average Bonchev–Trinajstić information content (AvgIpc) is 3.24. The molecule has 0 aromatic heterocycles. The van der Waals surface area contributed by atoms with Crippen LogP contribution < -0.4 is 4.74 Å². The fourth-order valence-corrected chi connectivity index (χ4v) is 5.33. The summed E-state index contributed by atoms with van der Waals surface area (Å²) in [5.41, 5.74) is 1.30. The van der Waals surface area contributed by atoms with Gasteiger partial charge >= 0.3 is 0 Å². The molecule has 1 aliphatic heterocycles. The number of nitrogens with zero attached hydrogens (tertiary/aromatic N) is 1. The van der Waals surface area contributed by atoms with Gasteiger partial charge in [0.05, 0.1) is 0 Å². The molecule has 4 rings (SSSR count). The Morgan fingerprint density at radius 3 is 2.58 bits per heavy atom. The molecule has 2 bridgehead atoms. The molecule has 3 atom stereocenters. The van der Waals surface area contributed by atoms with Crippen molar-refractivity contribution in [3.63, 3.8) is 0 Å². The minimum atomic E-state index is 0.0795. The molecule has 3 heteroatoms. The molecule has 1 saturated heterocycles. The van der Waals surface area contributed by atoms with E-state index < -0.39 is 0 Å². The van der Waals surface area contributed by atoms with Gasteiger partial charge in [-0.3, -0.25) is 4.79 Å². The number of ketones is 1. The van der Waals surface area contributed by atoms with Crippen LogP contribution in [0.3, 0.4) is 0 Å². The zero-order chi connectivity index (χ0) is 16.5. The first-order chi connectivity index (χ1) is 11.7. The molecule has 0 spiro atoms. The van der Waals surface area contributed by atoms with Crippen molar-refractivity contribution in [2.45, 2.75) is 57.4 Å². The van der Waals surface area contributed by atoms with E-state index in [1.165, 1.54) is 57.2 Å². The van der Waals surface area contributed by atoms with Crippen LogP contribution in [0, 0.1) is 11.8 Å². The fourth-order valence-electron chi connectivity index (χ4n) is 5.33. The molecule has 3 aliphatic rings.